The van der Waals surface area contributed by atoms with Crippen LogP contribution in [0.25, 0.3) is 0 Å². The van der Waals surface area contributed by atoms with Crippen molar-refractivity contribution in [2.24, 2.45) is 0 Å². The van der Waals surface area contributed by atoms with Gasteiger partial charge in [0.1, 0.15) is 10.8 Å². The molecule has 1 heterocycles. The van der Waals surface area contributed by atoms with Crippen LogP contribution in [-0.2, 0) is 0 Å². The summed E-state index contributed by atoms with van der Waals surface area (Å²) in [5.74, 6) is -1.27. The van der Waals surface area contributed by atoms with Crippen LogP contribution in [0.5, 0.6) is 11.6 Å². The summed E-state index contributed by atoms with van der Waals surface area (Å²) < 4.78 is 5.76. The van der Waals surface area contributed by atoms with Gasteiger partial charge in [0, 0.05) is 16.7 Å². The van der Waals surface area contributed by atoms with E-state index >= 15 is 0 Å². The van der Waals surface area contributed by atoms with E-state index < -0.39 is 10.9 Å². The van der Waals surface area contributed by atoms with E-state index in [1.54, 1.807) is 0 Å². The molecule has 0 saturated heterocycles. The maximum Gasteiger partial charge on any atom is 0.337 e. The fraction of sp³-hybridized carbons (Fsp3) is 0. The molecule has 0 aliphatic rings. The summed E-state index contributed by atoms with van der Waals surface area (Å²) in [5.41, 5.74) is -0.365. The van der Waals surface area contributed by atoms with E-state index in [0.29, 0.717) is 4.47 Å². The van der Waals surface area contributed by atoms with Crippen molar-refractivity contribution in [2.45, 2.75) is 0 Å². The highest BCUT2D eigenvalue weighted by atomic mass is 79.9. The zero-order valence-electron chi connectivity index (χ0n) is 10.1. The number of carboxylic acids is 1. The summed E-state index contributed by atoms with van der Waals surface area (Å²) >= 11 is 9.00. The predicted molar refractivity (Wildman–Crippen MR) is 77.1 cm³/mol. The highest BCUT2D eigenvalue weighted by molar-refractivity contribution is 9.10. The highest BCUT2D eigenvalue weighted by Gasteiger charge is 2.16. The number of ether oxygens (including phenoxy) is 1. The quantitative estimate of drug-likeness (QED) is 0.644. The number of carboxylic acid groups (broad SMARTS) is 1. The van der Waals surface area contributed by atoms with Crippen LogP contribution in [0.4, 0.5) is 5.69 Å². The highest BCUT2D eigenvalue weighted by Crippen LogP contribution is 2.33. The number of non-ortho nitro benzene ring substituents is 1. The second-order valence-electron chi connectivity index (χ2n) is 3.79. The number of nitro groups is 1. The van der Waals surface area contributed by atoms with E-state index in [9.17, 15) is 14.9 Å². The van der Waals surface area contributed by atoms with Crippen molar-refractivity contribution in [1.82, 2.24) is 4.98 Å². The minimum Gasteiger partial charge on any atom is -0.478 e. The van der Waals surface area contributed by atoms with Gasteiger partial charge in [-0.05, 0) is 12.1 Å². The first-order valence-electron chi connectivity index (χ1n) is 5.39. The Labute approximate surface area is 131 Å². The molecule has 0 fully saturated rings. The van der Waals surface area contributed by atoms with Gasteiger partial charge in [-0.25, -0.2) is 9.78 Å². The third-order valence-electron chi connectivity index (χ3n) is 2.37. The van der Waals surface area contributed by atoms with Gasteiger partial charge in [0.15, 0.2) is 0 Å². The SMILES string of the molecule is O=C(O)c1ccnc(Oc2cc(Br)cc([N+](=O)[O-])c2)c1Cl. The predicted octanol–water partition coefficient (Wildman–Crippen LogP) is 3.90. The lowest BCUT2D eigenvalue weighted by Crippen LogP contribution is -2.00. The summed E-state index contributed by atoms with van der Waals surface area (Å²) in [4.78, 5) is 25.0. The van der Waals surface area contributed by atoms with Gasteiger partial charge in [0.05, 0.1) is 16.6 Å². The van der Waals surface area contributed by atoms with E-state index in [4.69, 9.17) is 21.4 Å². The van der Waals surface area contributed by atoms with Gasteiger partial charge in [-0.2, -0.15) is 0 Å². The zero-order chi connectivity index (χ0) is 15.6. The molecule has 1 aromatic heterocycles. The second-order valence-corrected chi connectivity index (χ2v) is 5.08. The molecule has 0 radical (unpaired) electrons. The van der Waals surface area contributed by atoms with Gasteiger partial charge in [0.2, 0.25) is 5.88 Å². The molecular weight excluding hydrogens is 367 g/mol. The van der Waals surface area contributed by atoms with Gasteiger partial charge in [-0.1, -0.05) is 27.5 Å². The number of aromatic carboxylic acids is 1. The Kier molecular flexibility index (Phi) is 4.39. The van der Waals surface area contributed by atoms with Crippen LogP contribution in [0, 0.1) is 10.1 Å². The Hall–Kier alpha value is -2.19. The number of benzene rings is 1. The van der Waals surface area contributed by atoms with Crippen molar-refractivity contribution < 1.29 is 19.6 Å². The lowest BCUT2D eigenvalue weighted by atomic mass is 10.2. The van der Waals surface area contributed by atoms with Gasteiger partial charge in [0.25, 0.3) is 5.69 Å². The fourth-order valence-electron chi connectivity index (χ4n) is 1.48. The largest absolute Gasteiger partial charge is 0.478 e. The fourth-order valence-corrected chi connectivity index (χ4v) is 2.18. The van der Waals surface area contributed by atoms with Crippen LogP contribution < -0.4 is 4.74 Å². The molecule has 108 valence electrons. The molecule has 2 rings (SSSR count). The maximum atomic E-state index is 11.0. The Balaban J connectivity index is 2.41. The Morgan fingerprint density at radius 1 is 1.43 bits per heavy atom. The lowest BCUT2D eigenvalue weighted by molar-refractivity contribution is -0.385. The number of rotatable bonds is 4. The number of carbonyl (C=O) groups is 1. The van der Waals surface area contributed by atoms with Crippen LogP contribution >= 0.6 is 27.5 Å². The van der Waals surface area contributed by atoms with E-state index in [0.717, 1.165) is 0 Å². The average Bonchev–Trinajstić information content (AvgIpc) is 2.40. The molecule has 0 spiro atoms. The first-order chi connectivity index (χ1) is 9.88. The molecular formula is C12H6BrClN2O5. The molecule has 1 aromatic carbocycles. The molecule has 0 bridgehead atoms. The number of hydrogen-bond acceptors (Lipinski definition) is 5. The summed E-state index contributed by atoms with van der Waals surface area (Å²) in [6.45, 7) is 0. The lowest BCUT2D eigenvalue weighted by Gasteiger charge is -2.08. The van der Waals surface area contributed by atoms with Crippen molar-refractivity contribution in [3.8, 4) is 11.6 Å². The molecule has 2 aromatic rings. The van der Waals surface area contributed by atoms with Crippen LogP contribution in [0.3, 0.4) is 0 Å². The number of nitrogens with zero attached hydrogens (tertiary/aromatic N) is 2. The van der Waals surface area contributed by atoms with Crippen molar-refractivity contribution in [3.05, 3.63) is 55.6 Å². The van der Waals surface area contributed by atoms with E-state index in [2.05, 4.69) is 20.9 Å². The molecule has 0 aliphatic carbocycles. The van der Waals surface area contributed by atoms with Gasteiger partial charge < -0.3 is 9.84 Å². The molecule has 0 atom stereocenters. The summed E-state index contributed by atoms with van der Waals surface area (Å²) in [6.07, 6.45) is 1.22. The molecule has 7 nitrogen and oxygen atoms in total. The summed E-state index contributed by atoms with van der Waals surface area (Å²) in [5, 5.41) is 19.5. The Morgan fingerprint density at radius 3 is 2.76 bits per heavy atom. The smallest absolute Gasteiger partial charge is 0.337 e. The van der Waals surface area contributed by atoms with Gasteiger partial charge in [-0.15, -0.1) is 0 Å². The van der Waals surface area contributed by atoms with Gasteiger partial charge >= 0.3 is 5.97 Å². The first kappa shape index (κ1) is 15.2. The molecule has 21 heavy (non-hydrogen) atoms. The number of nitro benzene ring substituents is 1. The minimum absolute atomic E-state index is 0.105. The van der Waals surface area contributed by atoms with Crippen molar-refractivity contribution in [2.75, 3.05) is 0 Å². The standard InChI is InChI=1S/C12H6BrClN2O5/c13-6-3-7(16(19)20)5-8(4-6)21-11-10(14)9(12(17)18)1-2-15-11/h1-5H,(H,17,18). The summed E-state index contributed by atoms with van der Waals surface area (Å²) in [6, 6.07) is 5.17. The third-order valence-corrected chi connectivity index (χ3v) is 3.19. The summed E-state index contributed by atoms with van der Waals surface area (Å²) in [7, 11) is 0. The van der Waals surface area contributed by atoms with Crippen molar-refractivity contribution in [1.29, 1.82) is 0 Å². The molecule has 0 saturated carbocycles. The Morgan fingerprint density at radius 2 is 2.14 bits per heavy atom. The maximum absolute atomic E-state index is 11.0. The average molecular weight is 374 g/mol. The van der Waals surface area contributed by atoms with Crippen LogP contribution in [-0.4, -0.2) is 21.0 Å². The number of pyridine rings is 1. The molecule has 0 unspecified atom stereocenters. The van der Waals surface area contributed by atoms with Crippen LogP contribution in [0.2, 0.25) is 5.02 Å². The first-order valence-corrected chi connectivity index (χ1v) is 6.56. The zero-order valence-corrected chi connectivity index (χ0v) is 12.5. The monoisotopic (exact) mass is 372 g/mol. The number of hydrogen-bond donors (Lipinski definition) is 1. The molecule has 1 N–H and O–H groups in total. The minimum atomic E-state index is -1.23. The van der Waals surface area contributed by atoms with E-state index in [-0.39, 0.29) is 27.9 Å². The van der Waals surface area contributed by atoms with Crippen molar-refractivity contribution in [3.63, 3.8) is 0 Å². The normalized spacial score (nSPS) is 10.2. The third kappa shape index (κ3) is 3.47. The molecule has 0 amide bonds. The van der Waals surface area contributed by atoms with E-state index in [1.165, 1.54) is 30.5 Å². The van der Waals surface area contributed by atoms with Gasteiger partial charge in [-0.3, -0.25) is 10.1 Å². The second kappa shape index (κ2) is 6.06. The number of aromatic nitrogens is 1. The number of halogens is 2. The van der Waals surface area contributed by atoms with Crippen molar-refractivity contribution >= 4 is 39.2 Å². The molecule has 0 aliphatic heterocycles. The topological polar surface area (TPSA) is 103 Å². The Bertz CT molecular complexity index is 738. The van der Waals surface area contributed by atoms with E-state index in [1.807, 2.05) is 0 Å². The molecule has 9 heteroatoms. The van der Waals surface area contributed by atoms with Crippen LogP contribution in [0.15, 0.2) is 34.9 Å². The van der Waals surface area contributed by atoms with Crippen LogP contribution in [0.1, 0.15) is 10.4 Å².